The lowest BCUT2D eigenvalue weighted by Gasteiger charge is -2.33. The first-order valence-electron chi connectivity index (χ1n) is 14.8. The van der Waals surface area contributed by atoms with Crippen LogP contribution in [0, 0.1) is 22.9 Å². The van der Waals surface area contributed by atoms with Crippen molar-refractivity contribution in [2.75, 3.05) is 18.0 Å². The third-order valence-electron chi connectivity index (χ3n) is 8.07. The van der Waals surface area contributed by atoms with Crippen LogP contribution < -0.4 is 14.4 Å². The predicted molar refractivity (Wildman–Crippen MR) is 172 cm³/mol. The molecule has 1 unspecified atom stereocenters. The standard InChI is InChI=1S/C32H36ClFN4O7S/c1-21-13-15-26(18-28(21)38(41)42)46(43,44)37(29-17-24(33)14-16-30(29)45-3)20-31(39)36(19-23-9-7-8-12-27(23)34)22(2)32(40)35-25-10-5-4-6-11-25/h7-9,12-18,22,25H,4-6,10-11,19-20H2,1-3H3,(H,35,40). The molecule has 0 bridgehead atoms. The first-order chi connectivity index (χ1) is 21.8. The molecule has 1 N–H and O–H groups in total. The molecule has 11 nitrogen and oxygen atoms in total. The summed E-state index contributed by atoms with van der Waals surface area (Å²) in [5, 5.41) is 14.8. The lowest BCUT2D eigenvalue weighted by Crippen LogP contribution is -2.53. The van der Waals surface area contributed by atoms with E-state index in [0.29, 0.717) is 0 Å². The van der Waals surface area contributed by atoms with Crippen LogP contribution in [0.4, 0.5) is 15.8 Å². The Hall–Kier alpha value is -4.23. The van der Waals surface area contributed by atoms with E-state index in [-0.39, 0.29) is 40.2 Å². The summed E-state index contributed by atoms with van der Waals surface area (Å²) >= 11 is 6.25. The van der Waals surface area contributed by atoms with E-state index < -0.39 is 55.7 Å². The maximum atomic E-state index is 14.8. The Labute approximate surface area is 272 Å². The minimum atomic E-state index is -4.69. The molecule has 46 heavy (non-hydrogen) atoms. The average Bonchev–Trinajstić information content (AvgIpc) is 3.03. The van der Waals surface area contributed by atoms with E-state index in [0.717, 1.165) is 47.4 Å². The second-order valence-corrected chi connectivity index (χ2v) is 13.5. The normalized spacial score (nSPS) is 14.3. The highest BCUT2D eigenvalue weighted by Crippen LogP contribution is 2.36. The van der Waals surface area contributed by atoms with E-state index in [9.17, 15) is 32.5 Å². The zero-order valence-corrected chi connectivity index (χ0v) is 27.3. The van der Waals surface area contributed by atoms with Gasteiger partial charge in [-0.3, -0.25) is 24.0 Å². The van der Waals surface area contributed by atoms with Gasteiger partial charge in [0.2, 0.25) is 11.8 Å². The number of anilines is 1. The topological polar surface area (TPSA) is 139 Å². The number of sulfonamides is 1. The molecule has 14 heteroatoms. The first-order valence-corrected chi connectivity index (χ1v) is 16.6. The average molecular weight is 675 g/mol. The van der Waals surface area contributed by atoms with E-state index in [4.69, 9.17) is 16.3 Å². The third kappa shape index (κ3) is 7.94. The molecule has 0 heterocycles. The smallest absolute Gasteiger partial charge is 0.273 e. The van der Waals surface area contributed by atoms with Crippen molar-refractivity contribution in [1.82, 2.24) is 10.2 Å². The van der Waals surface area contributed by atoms with E-state index in [1.807, 2.05) is 0 Å². The van der Waals surface area contributed by atoms with Crippen molar-refractivity contribution in [3.63, 3.8) is 0 Å². The largest absolute Gasteiger partial charge is 0.495 e. The Bertz CT molecular complexity index is 1720. The number of hydrogen-bond acceptors (Lipinski definition) is 7. The summed E-state index contributed by atoms with van der Waals surface area (Å²) in [4.78, 5) is 39.3. The molecular formula is C32H36ClFN4O7S. The number of carbonyl (C=O) groups is 2. The molecule has 0 saturated heterocycles. The number of nitro groups is 1. The fourth-order valence-corrected chi connectivity index (χ4v) is 7.01. The second-order valence-electron chi connectivity index (χ2n) is 11.2. The van der Waals surface area contributed by atoms with Crippen molar-refractivity contribution in [1.29, 1.82) is 0 Å². The minimum Gasteiger partial charge on any atom is -0.495 e. The van der Waals surface area contributed by atoms with Gasteiger partial charge < -0.3 is 15.0 Å². The van der Waals surface area contributed by atoms with Gasteiger partial charge in [-0.15, -0.1) is 0 Å². The Balaban J connectivity index is 1.78. The molecule has 2 amide bonds. The molecule has 0 spiro atoms. The van der Waals surface area contributed by atoms with Crippen LogP contribution in [0.25, 0.3) is 0 Å². The van der Waals surface area contributed by atoms with Gasteiger partial charge in [-0.2, -0.15) is 0 Å². The minimum absolute atomic E-state index is 0.0473. The van der Waals surface area contributed by atoms with Crippen LogP contribution in [-0.4, -0.2) is 55.8 Å². The van der Waals surface area contributed by atoms with Gasteiger partial charge in [0, 0.05) is 34.8 Å². The highest BCUT2D eigenvalue weighted by molar-refractivity contribution is 7.92. The molecule has 4 rings (SSSR count). The van der Waals surface area contributed by atoms with Crippen molar-refractivity contribution in [2.45, 2.75) is 69.5 Å². The van der Waals surface area contributed by atoms with Crippen LogP contribution in [0.5, 0.6) is 5.75 Å². The number of nitro benzene ring substituents is 1. The fraction of sp³-hybridized carbons (Fsp3) is 0.375. The molecular weight excluding hydrogens is 639 g/mol. The van der Waals surface area contributed by atoms with Crippen molar-refractivity contribution in [2.24, 2.45) is 0 Å². The summed E-state index contributed by atoms with van der Waals surface area (Å²) in [5.74, 6) is -1.85. The molecule has 1 aliphatic carbocycles. The lowest BCUT2D eigenvalue weighted by atomic mass is 9.95. The van der Waals surface area contributed by atoms with E-state index in [1.54, 1.807) is 6.07 Å². The second kappa shape index (κ2) is 14.9. The van der Waals surface area contributed by atoms with Gasteiger partial charge in [-0.1, -0.05) is 55.1 Å². The van der Waals surface area contributed by atoms with Crippen LogP contribution in [0.3, 0.4) is 0 Å². The summed E-state index contributed by atoms with van der Waals surface area (Å²) in [7, 11) is -3.38. The van der Waals surface area contributed by atoms with Crippen molar-refractivity contribution < 1.29 is 32.1 Å². The molecule has 3 aromatic carbocycles. The van der Waals surface area contributed by atoms with E-state index >= 15 is 0 Å². The molecule has 246 valence electrons. The summed E-state index contributed by atoms with van der Waals surface area (Å²) in [6.07, 6.45) is 4.58. The summed E-state index contributed by atoms with van der Waals surface area (Å²) in [6, 6.07) is 12.2. The molecule has 0 aliphatic heterocycles. The van der Waals surface area contributed by atoms with E-state index in [2.05, 4.69) is 5.32 Å². The zero-order valence-electron chi connectivity index (χ0n) is 25.7. The Morgan fingerprint density at radius 3 is 2.46 bits per heavy atom. The molecule has 1 atom stereocenters. The van der Waals surface area contributed by atoms with Crippen molar-refractivity contribution >= 4 is 44.8 Å². The number of carbonyl (C=O) groups excluding carboxylic acids is 2. The molecule has 3 aromatic rings. The molecule has 1 saturated carbocycles. The zero-order chi connectivity index (χ0) is 33.6. The van der Waals surface area contributed by atoms with Crippen molar-refractivity contribution in [3.05, 3.63) is 92.7 Å². The summed E-state index contributed by atoms with van der Waals surface area (Å²) in [5.41, 5.74) is -0.186. The Kier molecular flexibility index (Phi) is 11.2. The molecule has 0 aromatic heterocycles. The number of hydrogen-bond donors (Lipinski definition) is 1. The fourth-order valence-electron chi connectivity index (χ4n) is 5.41. The maximum absolute atomic E-state index is 14.8. The molecule has 0 radical (unpaired) electrons. The highest BCUT2D eigenvalue weighted by atomic mass is 35.5. The van der Waals surface area contributed by atoms with Crippen LogP contribution in [-0.2, 0) is 26.2 Å². The number of ether oxygens (including phenoxy) is 1. The Morgan fingerprint density at radius 2 is 1.80 bits per heavy atom. The number of nitrogens with one attached hydrogen (secondary N) is 1. The van der Waals surface area contributed by atoms with Crippen molar-refractivity contribution in [3.8, 4) is 5.75 Å². The van der Waals surface area contributed by atoms with Gasteiger partial charge in [0.1, 0.15) is 24.2 Å². The predicted octanol–water partition coefficient (Wildman–Crippen LogP) is 5.77. The lowest BCUT2D eigenvalue weighted by molar-refractivity contribution is -0.385. The highest BCUT2D eigenvalue weighted by Gasteiger charge is 2.35. The van der Waals surface area contributed by atoms with Crippen LogP contribution in [0.15, 0.2) is 65.6 Å². The Morgan fingerprint density at radius 1 is 1.11 bits per heavy atom. The maximum Gasteiger partial charge on any atom is 0.273 e. The summed E-state index contributed by atoms with van der Waals surface area (Å²) < 4.78 is 49.4. The molecule has 1 aliphatic rings. The van der Waals surface area contributed by atoms with Gasteiger partial charge in [-0.25, -0.2) is 12.8 Å². The SMILES string of the molecule is COc1ccc(Cl)cc1N(CC(=O)N(Cc1ccccc1F)C(C)C(=O)NC1CCCCC1)S(=O)(=O)c1ccc(C)c([N+](=O)[O-])c1. The van der Waals surface area contributed by atoms with E-state index in [1.165, 1.54) is 69.5 Å². The van der Waals surface area contributed by atoms with Gasteiger partial charge >= 0.3 is 0 Å². The first kappa shape index (κ1) is 34.6. The monoisotopic (exact) mass is 674 g/mol. The number of halogens is 2. The number of amides is 2. The van der Waals surface area contributed by atoms with Crippen LogP contribution in [0.1, 0.15) is 50.2 Å². The number of nitrogens with zero attached hydrogens (tertiary/aromatic N) is 3. The number of benzene rings is 3. The third-order valence-corrected chi connectivity index (χ3v) is 10.1. The quantitative estimate of drug-likeness (QED) is 0.190. The van der Waals surface area contributed by atoms with Crippen LogP contribution >= 0.6 is 11.6 Å². The molecule has 1 fully saturated rings. The number of rotatable bonds is 12. The van der Waals surface area contributed by atoms with Gasteiger partial charge in [0.25, 0.3) is 15.7 Å². The number of methoxy groups -OCH3 is 1. The van der Waals surface area contributed by atoms with Crippen LogP contribution in [0.2, 0.25) is 5.02 Å². The summed E-state index contributed by atoms with van der Waals surface area (Å²) in [6.45, 7) is 1.77. The van der Waals surface area contributed by atoms with Gasteiger partial charge in [0.05, 0.1) is 22.6 Å². The number of aryl methyl sites for hydroxylation is 1. The van der Waals surface area contributed by atoms with Gasteiger partial charge in [0.15, 0.2) is 0 Å². The van der Waals surface area contributed by atoms with Gasteiger partial charge in [-0.05, 0) is 57.0 Å².